The highest BCUT2D eigenvalue weighted by Gasteiger charge is 1.92. The molecule has 0 heterocycles. The SMILES string of the molecule is C=C(C)/C(Cl)=C/C(C)=O. The van der Waals surface area contributed by atoms with Gasteiger partial charge in [0.05, 0.1) is 0 Å². The van der Waals surface area contributed by atoms with E-state index in [9.17, 15) is 4.79 Å². The summed E-state index contributed by atoms with van der Waals surface area (Å²) in [6.07, 6.45) is 1.35. The molecule has 9 heavy (non-hydrogen) atoms. The van der Waals surface area contributed by atoms with Crippen LogP contribution < -0.4 is 0 Å². The Balaban J connectivity index is 4.17. The summed E-state index contributed by atoms with van der Waals surface area (Å²) in [6.45, 7) is 6.76. The summed E-state index contributed by atoms with van der Waals surface area (Å²) in [4.78, 5) is 10.4. The molecule has 0 radical (unpaired) electrons. The Hall–Kier alpha value is -0.560. The van der Waals surface area contributed by atoms with Gasteiger partial charge in [-0.2, -0.15) is 0 Å². The molecule has 0 fully saturated rings. The largest absolute Gasteiger partial charge is 0.295 e. The minimum Gasteiger partial charge on any atom is -0.295 e. The zero-order valence-electron chi connectivity index (χ0n) is 5.57. The first-order valence-corrected chi connectivity index (χ1v) is 2.95. The standard InChI is InChI=1S/C7H9ClO/c1-5(2)7(8)4-6(3)9/h4H,1H2,2-3H3/b7-4-. The van der Waals surface area contributed by atoms with Gasteiger partial charge in [0.1, 0.15) is 0 Å². The van der Waals surface area contributed by atoms with Gasteiger partial charge in [0.25, 0.3) is 0 Å². The van der Waals surface area contributed by atoms with E-state index in [1.807, 2.05) is 0 Å². The highest BCUT2D eigenvalue weighted by Crippen LogP contribution is 2.10. The molecule has 0 atom stereocenters. The van der Waals surface area contributed by atoms with Crippen LogP contribution in [-0.4, -0.2) is 5.78 Å². The first-order chi connectivity index (χ1) is 4.04. The van der Waals surface area contributed by atoms with Gasteiger partial charge in [-0.25, -0.2) is 0 Å². The van der Waals surface area contributed by atoms with Crippen LogP contribution in [0.4, 0.5) is 0 Å². The Morgan fingerprint density at radius 2 is 2.00 bits per heavy atom. The lowest BCUT2D eigenvalue weighted by molar-refractivity contribution is -0.112. The summed E-state index contributed by atoms with van der Waals surface area (Å²) in [6, 6.07) is 0. The van der Waals surface area contributed by atoms with Crippen LogP contribution in [0.3, 0.4) is 0 Å². The molecule has 0 saturated heterocycles. The van der Waals surface area contributed by atoms with E-state index >= 15 is 0 Å². The highest BCUT2D eigenvalue weighted by molar-refractivity contribution is 6.33. The fourth-order valence-corrected chi connectivity index (χ4v) is 0.455. The topological polar surface area (TPSA) is 17.1 Å². The van der Waals surface area contributed by atoms with Gasteiger partial charge < -0.3 is 0 Å². The van der Waals surface area contributed by atoms with E-state index in [2.05, 4.69) is 6.58 Å². The van der Waals surface area contributed by atoms with Crippen molar-refractivity contribution in [1.29, 1.82) is 0 Å². The van der Waals surface area contributed by atoms with Gasteiger partial charge in [0, 0.05) is 5.03 Å². The molecule has 0 N–H and O–H groups in total. The molecule has 0 aliphatic rings. The van der Waals surface area contributed by atoms with E-state index < -0.39 is 0 Å². The molecular formula is C7H9ClO. The van der Waals surface area contributed by atoms with Crippen LogP contribution in [0, 0.1) is 0 Å². The fraction of sp³-hybridized carbons (Fsp3) is 0.286. The summed E-state index contributed by atoms with van der Waals surface area (Å²) >= 11 is 5.55. The van der Waals surface area contributed by atoms with Gasteiger partial charge >= 0.3 is 0 Å². The molecule has 0 rings (SSSR count). The lowest BCUT2D eigenvalue weighted by Crippen LogP contribution is -1.83. The Morgan fingerprint density at radius 3 is 2.11 bits per heavy atom. The third-order valence-electron chi connectivity index (χ3n) is 0.738. The Labute approximate surface area is 60.0 Å². The number of rotatable bonds is 2. The number of ketones is 1. The second kappa shape index (κ2) is 3.46. The average Bonchev–Trinajstić information content (AvgIpc) is 1.63. The number of hydrogen-bond donors (Lipinski definition) is 0. The first-order valence-electron chi connectivity index (χ1n) is 2.57. The van der Waals surface area contributed by atoms with Crippen molar-refractivity contribution >= 4 is 17.4 Å². The zero-order valence-corrected chi connectivity index (χ0v) is 6.33. The smallest absolute Gasteiger partial charge is 0.154 e. The van der Waals surface area contributed by atoms with Crippen molar-refractivity contribution < 1.29 is 4.79 Å². The zero-order chi connectivity index (χ0) is 7.44. The normalized spacial score (nSPS) is 11.2. The van der Waals surface area contributed by atoms with E-state index in [1.54, 1.807) is 6.92 Å². The van der Waals surface area contributed by atoms with E-state index in [4.69, 9.17) is 11.6 Å². The second-order valence-corrected chi connectivity index (χ2v) is 2.29. The molecule has 0 unspecified atom stereocenters. The Bertz CT molecular complexity index is 168. The van der Waals surface area contributed by atoms with E-state index in [1.165, 1.54) is 13.0 Å². The van der Waals surface area contributed by atoms with Gasteiger partial charge in [-0.15, -0.1) is 0 Å². The Kier molecular flexibility index (Phi) is 3.25. The lowest BCUT2D eigenvalue weighted by atomic mass is 10.3. The summed E-state index contributed by atoms with van der Waals surface area (Å²) in [7, 11) is 0. The number of carbonyl (C=O) groups is 1. The molecule has 2 heteroatoms. The summed E-state index contributed by atoms with van der Waals surface area (Å²) < 4.78 is 0. The van der Waals surface area contributed by atoms with Crippen molar-refractivity contribution in [3.63, 3.8) is 0 Å². The van der Waals surface area contributed by atoms with Crippen molar-refractivity contribution in [2.45, 2.75) is 13.8 Å². The van der Waals surface area contributed by atoms with Crippen LogP contribution in [0.15, 0.2) is 23.3 Å². The molecule has 0 aromatic carbocycles. The molecule has 0 aromatic rings. The van der Waals surface area contributed by atoms with Crippen LogP contribution in [0.25, 0.3) is 0 Å². The van der Waals surface area contributed by atoms with Gasteiger partial charge in [0.15, 0.2) is 5.78 Å². The molecule has 1 nitrogen and oxygen atoms in total. The van der Waals surface area contributed by atoms with Gasteiger partial charge in [-0.05, 0) is 25.5 Å². The molecule has 0 amide bonds. The molecule has 0 spiro atoms. The molecular weight excluding hydrogens is 136 g/mol. The molecule has 0 aliphatic carbocycles. The van der Waals surface area contributed by atoms with Gasteiger partial charge in [-0.3, -0.25) is 4.79 Å². The van der Waals surface area contributed by atoms with Crippen LogP contribution in [0.5, 0.6) is 0 Å². The molecule has 0 aliphatic heterocycles. The third-order valence-corrected chi connectivity index (χ3v) is 1.17. The number of hydrogen-bond acceptors (Lipinski definition) is 1. The summed E-state index contributed by atoms with van der Waals surface area (Å²) in [5, 5.41) is 0.433. The quantitative estimate of drug-likeness (QED) is 0.429. The predicted molar refractivity (Wildman–Crippen MR) is 39.4 cm³/mol. The number of carbonyl (C=O) groups excluding carboxylic acids is 1. The third kappa shape index (κ3) is 3.98. The lowest BCUT2D eigenvalue weighted by Gasteiger charge is -1.91. The average molecular weight is 145 g/mol. The number of allylic oxidation sites excluding steroid dienone is 3. The fourth-order valence-electron chi connectivity index (χ4n) is 0.302. The van der Waals surface area contributed by atoms with E-state index in [-0.39, 0.29) is 5.78 Å². The summed E-state index contributed by atoms with van der Waals surface area (Å²) in [5.74, 6) is -0.0528. The van der Waals surface area contributed by atoms with Crippen LogP contribution in [0.2, 0.25) is 0 Å². The maximum absolute atomic E-state index is 10.4. The maximum atomic E-state index is 10.4. The molecule has 0 saturated carbocycles. The first kappa shape index (κ1) is 8.44. The van der Waals surface area contributed by atoms with Crippen LogP contribution in [0.1, 0.15) is 13.8 Å². The predicted octanol–water partition coefficient (Wildman–Crippen LogP) is 2.27. The summed E-state index contributed by atoms with van der Waals surface area (Å²) in [5.41, 5.74) is 0.715. The van der Waals surface area contributed by atoms with E-state index in [0.717, 1.165) is 0 Å². The van der Waals surface area contributed by atoms with Gasteiger partial charge in [0.2, 0.25) is 0 Å². The molecule has 50 valence electrons. The molecule has 0 aromatic heterocycles. The van der Waals surface area contributed by atoms with E-state index in [0.29, 0.717) is 10.6 Å². The van der Waals surface area contributed by atoms with Crippen molar-refractivity contribution in [3.05, 3.63) is 23.3 Å². The van der Waals surface area contributed by atoms with Crippen molar-refractivity contribution in [2.24, 2.45) is 0 Å². The minimum atomic E-state index is -0.0528. The minimum absolute atomic E-state index is 0.0528. The second-order valence-electron chi connectivity index (χ2n) is 1.88. The van der Waals surface area contributed by atoms with Crippen molar-refractivity contribution in [3.8, 4) is 0 Å². The monoisotopic (exact) mass is 144 g/mol. The molecule has 0 bridgehead atoms. The van der Waals surface area contributed by atoms with Crippen molar-refractivity contribution in [2.75, 3.05) is 0 Å². The Morgan fingerprint density at radius 1 is 1.56 bits per heavy atom. The number of halogens is 1. The van der Waals surface area contributed by atoms with Crippen LogP contribution >= 0.6 is 11.6 Å². The van der Waals surface area contributed by atoms with Crippen molar-refractivity contribution in [1.82, 2.24) is 0 Å². The highest BCUT2D eigenvalue weighted by atomic mass is 35.5. The van der Waals surface area contributed by atoms with Gasteiger partial charge in [-0.1, -0.05) is 18.2 Å². The maximum Gasteiger partial charge on any atom is 0.154 e. The van der Waals surface area contributed by atoms with Crippen LogP contribution in [-0.2, 0) is 4.79 Å².